The van der Waals surface area contributed by atoms with E-state index < -0.39 is 5.60 Å². The van der Waals surface area contributed by atoms with Crippen molar-refractivity contribution < 1.29 is 9.84 Å². The molecule has 2 heterocycles. The Hall–Kier alpha value is -0.160. The van der Waals surface area contributed by atoms with Crippen LogP contribution in [0, 0.1) is 0 Å². The minimum atomic E-state index is -0.659. The second kappa shape index (κ2) is 5.65. The lowest BCUT2D eigenvalue weighted by molar-refractivity contribution is -0.0270. The van der Waals surface area contributed by atoms with E-state index in [0.29, 0.717) is 19.2 Å². The van der Waals surface area contributed by atoms with Crippen molar-refractivity contribution in [3.8, 4) is 0 Å². The van der Waals surface area contributed by atoms with E-state index in [-0.39, 0.29) is 6.10 Å². The number of ether oxygens (including phenoxy) is 1. The summed E-state index contributed by atoms with van der Waals surface area (Å²) >= 11 is 0. The van der Waals surface area contributed by atoms with Gasteiger partial charge in [-0.15, -0.1) is 0 Å². The van der Waals surface area contributed by atoms with E-state index in [0.717, 1.165) is 13.0 Å². The van der Waals surface area contributed by atoms with Crippen molar-refractivity contribution in [2.24, 2.45) is 0 Å². The van der Waals surface area contributed by atoms with Gasteiger partial charge in [0.25, 0.3) is 0 Å². The molecular weight excluding hydrogens is 216 g/mol. The molecule has 0 saturated carbocycles. The van der Waals surface area contributed by atoms with Crippen molar-refractivity contribution in [2.45, 2.75) is 50.4 Å². The highest BCUT2D eigenvalue weighted by molar-refractivity contribution is 4.92. The Morgan fingerprint density at radius 3 is 2.94 bits per heavy atom. The first-order valence-corrected chi connectivity index (χ1v) is 6.87. The van der Waals surface area contributed by atoms with Gasteiger partial charge in [-0.1, -0.05) is 6.42 Å². The standard InChI is InChI=1S/C13H26N2O2/c1-11-13(16,6-8-17-11)10-14-9-12-5-3-4-7-15(12)2/h11-12,14,16H,3-10H2,1-2H3. The third kappa shape index (κ3) is 3.19. The van der Waals surface area contributed by atoms with E-state index in [4.69, 9.17) is 4.74 Å². The van der Waals surface area contributed by atoms with Gasteiger partial charge in [0.2, 0.25) is 0 Å². The average molecular weight is 242 g/mol. The first-order chi connectivity index (χ1) is 8.12. The van der Waals surface area contributed by atoms with E-state index >= 15 is 0 Å². The van der Waals surface area contributed by atoms with Crippen molar-refractivity contribution >= 4 is 0 Å². The normalized spacial score (nSPS) is 39.7. The minimum Gasteiger partial charge on any atom is -0.386 e. The van der Waals surface area contributed by atoms with Crippen molar-refractivity contribution in [3.05, 3.63) is 0 Å². The van der Waals surface area contributed by atoms with Crippen LogP contribution >= 0.6 is 0 Å². The van der Waals surface area contributed by atoms with E-state index in [9.17, 15) is 5.11 Å². The Morgan fingerprint density at radius 1 is 1.47 bits per heavy atom. The number of likely N-dealkylation sites (N-methyl/N-ethyl adjacent to an activating group) is 1. The molecule has 0 aliphatic carbocycles. The van der Waals surface area contributed by atoms with Crippen LogP contribution in [0.3, 0.4) is 0 Å². The number of rotatable bonds is 4. The van der Waals surface area contributed by atoms with Crippen LogP contribution in [0.5, 0.6) is 0 Å². The molecule has 17 heavy (non-hydrogen) atoms. The summed E-state index contributed by atoms with van der Waals surface area (Å²) in [6.07, 6.45) is 4.64. The zero-order valence-corrected chi connectivity index (χ0v) is 11.1. The van der Waals surface area contributed by atoms with Crippen LogP contribution in [-0.2, 0) is 4.74 Å². The van der Waals surface area contributed by atoms with Crippen LogP contribution in [0.1, 0.15) is 32.6 Å². The highest BCUT2D eigenvalue weighted by Crippen LogP contribution is 2.24. The van der Waals surface area contributed by atoms with Crippen LogP contribution < -0.4 is 5.32 Å². The van der Waals surface area contributed by atoms with Gasteiger partial charge >= 0.3 is 0 Å². The number of piperidine rings is 1. The lowest BCUT2D eigenvalue weighted by atomic mass is 9.96. The van der Waals surface area contributed by atoms with Crippen LogP contribution in [0.4, 0.5) is 0 Å². The number of likely N-dealkylation sites (tertiary alicyclic amines) is 1. The molecule has 2 fully saturated rings. The molecule has 3 atom stereocenters. The van der Waals surface area contributed by atoms with Gasteiger partial charge in [0, 0.05) is 32.2 Å². The number of hydrogen-bond acceptors (Lipinski definition) is 4. The number of nitrogens with zero attached hydrogens (tertiary/aromatic N) is 1. The average Bonchev–Trinajstić information content (AvgIpc) is 2.62. The topological polar surface area (TPSA) is 44.7 Å². The van der Waals surface area contributed by atoms with E-state index in [2.05, 4.69) is 17.3 Å². The molecule has 0 amide bonds. The first-order valence-electron chi connectivity index (χ1n) is 6.87. The highest BCUT2D eigenvalue weighted by Gasteiger charge is 2.39. The summed E-state index contributed by atoms with van der Waals surface area (Å²) in [5.41, 5.74) is -0.659. The SMILES string of the molecule is CC1OCCC1(O)CNCC1CCCCN1C. The van der Waals surface area contributed by atoms with Crippen LogP contribution in [0.25, 0.3) is 0 Å². The zero-order chi connectivity index (χ0) is 12.3. The van der Waals surface area contributed by atoms with Crippen molar-refractivity contribution in [2.75, 3.05) is 33.3 Å². The summed E-state index contributed by atoms with van der Waals surface area (Å²) in [5.74, 6) is 0. The highest BCUT2D eigenvalue weighted by atomic mass is 16.5. The number of hydrogen-bond donors (Lipinski definition) is 2. The predicted molar refractivity (Wildman–Crippen MR) is 68.1 cm³/mol. The molecule has 0 spiro atoms. The van der Waals surface area contributed by atoms with Crippen molar-refractivity contribution in [1.29, 1.82) is 0 Å². The van der Waals surface area contributed by atoms with Gasteiger partial charge < -0.3 is 20.1 Å². The van der Waals surface area contributed by atoms with Gasteiger partial charge in [-0.3, -0.25) is 0 Å². The van der Waals surface area contributed by atoms with Crippen LogP contribution in [0.2, 0.25) is 0 Å². The first kappa shape index (κ1) is 13.3. The summed E-state index contributed by atoms with van der Waals surface area (Å²) in [6, 6.07) is 0.630. The molecule has 0 aromatic heterocycles. The molecule has 2 aliphatic rings. The fourth-order valence-electron chi connectivity index (χ4n) is 2.86. The number of aliphatic hydroxyl groups is 1. The molecule has 0 aromatic rings. The van der Waals surface area contributed by atoms with Crippen LogP contribution in [-0.4, -0.2) is 61.0 Å². The van der Waals surface area contributed by atoms with Gasteiger partial charge in [0.15, 0.2) is 0 Å². The zero-order valence-electron chi connectivity index (χ0n) is 11.1. The van der Waals surface area contributed by atoms with Gasteiger partial charge in [-0.2, -0.15) is 0 Å². The molecular formula is C13H26N2O2. The van der Waals surface area contributed by atoms with Gasteiger partial charge in [-0.05, 0) is 33.4 Å². The third-order valence-electron chi connectivity index (χ3n) is 4.39. The smallest absolute Gasteiger partial charge is 0.105 e. The Bertz CT molecular complexity index is 250. The molecule has 2 aliphatic heterocycles. The second-order valence-corrected chi connectivity index (χ2v) is 5.63. The lowest BCUT2D eigenvalue weighted by Gasteiger charge is -2.34. The molecule has 0 bridgehead atoms. The molecule has 100 valence electrons. The third-order valence-corrected chi connectivity index (χ3v) is 4.39. The van der Waals surface area contributed by atoms with E-state index in [1.54, 1.807) is 0 Å². The molecule has 4 heteroatoms. The fraction of sp³-hybridized carbons (Fsp3) is 1.00. The van der Waals surface area contributed by atoms with Gasteiger partial charge in [-0.25, -0.2) is 0 Å². The second-order valence-electron chi connectivity index (χ2n) is 5.63. The Labute approximate surface area is 104 Å². The monoisotopic (exact) mass is 242 g/mol. The minimum absolute atomic E-state index is 0.0425. The quantitative estimate of drug-likeness (QED) is 0.758. The molecule has 2 rings (SSSR count). The fourth-order valence-corrected chi connectivity index (χ4v) is 2.86. The summed E-state index contributed by atoms with van der Waals surface area (Å²) in [4.78, 5) is 2.43. The molecule has 0 aromatic carbocycles. The van der Waals surface area contributed by atoms with E-state index in [1.165, 1.54) is 25.8 Å². The Balaban J connectivity index is 1.71. The lowest BCUT2D eigenvalue weighted by Crippen LogP contribution is -2.50. The van der Waals surface area contributed by atoms with Gasteiger partial charge in [0.1, 0.15) is 5.60 Å². The molecule has 2 N–H and O–H groups in total. The summed E-state index contributed by atoms with van der Waals surface area (Å²) < 4.78 is 5.43. The van der Waals surface area contributed by atoms with Crippen LogP contribution in [0.15, 0.2) is 0 Å². The maximum atomic E-state index is 10.4. The molecule has 3 unspecified atom stereocenters. The van der Waals surface area contributed by atoms with Crippen molar-refractivity contribution in [1.82, 2.24) is 10.2 Å². The van der Waals surface area contributed by atoms with Gasteiger partial charge in [0.05, 0.1) is 6.10 Å². The summed E-state index contributed by atoms with van der Waals surface area (Å²) in [6.45, 7) is 5.48. The molecule has 2 saturated heterocycles. The largest absolute Gasteiger partial charge is 0.386 e. The predicted octanol–water partition coefficient (Wildman–Crippen LogP) is 0.600. The summed E-state index contributed by atoms with van der Waals surface area (Å²) in [7, 11) is 2.20. The molecule has 0 radical (unpaired) electrons. The maximum absolute atomic E-state index is 10.4. The van der Waals surface area contributed by atoms with Crippen molar-refractivity contribution in [3.63, 3.8) is 0 Å². The summed E-state index contributed by atoms with van der Waals surface area (Å²) in [5, 5.41) is 13.8. The molecule has 4 nitrogen and oxygen atoms in total. The maximum Gasteiger partial charge on any atom is 0.105 e. The Kier molecular flexibility index (Phi) is 4.42. The Morgan fingerprint density at radius 2 is 2.29 bits per heavy atom. The van der Waals surface area contributed by atoms with E-state index in [1.807, 2.05) is 6.92 Å². The number of nitrogens with one attached hydrogen (secondary N) is 1.